The molecule has 2 atom stereocenters. The summed E-state index contributed by atoms with van der Waals surface area (Å²) in [6.45, 7) is 5.32. The summed E-state index contributed by atoms with van der Waals surface area (Å²) in [5.41, 5.74) is 1.68. The number of nitrogens with zero attached hydrogens (tertiary/aromatic N) is 3. The molecule has 5 aromatic carbocycles. The van der Waals surface area contributed by atoms with Gasteiger partial charge in [0.05, 0.1) is 0 Å². The molecule has 6 aromatic rings. The van der Waals surface area contributed by atoms with Crippen molar-refractivity contribution in [2.24, 2.45) is 5.16 Å². The predicted molar refractivity (Wildman–Crippen MR) is 278 cm³/mol. The molecule has 1 aliphatic carbocycles. The summed E-state index contributed by atoms with van der Waals surface area (Å²) in [5.74, 6) is -2.09. The Morgan fingerprint density at radius 3 is 1.86 bits per heavy atom. The molecule has 2 fully saturated rings. The molecule has 1 saturated heterocycles. The lowest BCUT2D eigenvalue weighted by atomic mass is 9.77. The van der Waals surface area contributed by atoms with E-state index in [9.17, 15) is 19.2 Å². The van der Waals surface area contributed by atoms with Crippen molar-refractivity contribution in [2.45, 2.75) is 74.3 Å². The van der Waals surface area contributed by atoms with Crippen molar-refractivity contribution in [2.75, 3.05) is 16.9 Å². The molecule has 0 radical (unpaired) electrons. The van der Waals surface area contributed by atoms with Gasteiger partial charge >= 0.3 is 11.9 Å². The van der Waals surface area contributed by atoms with Gasteiger partial charge in [-0.1, -0.05) is 169 Å². The zero-order valence-electron chi connectivity index (χ0n) is 39.3. The Bertz CT molecular complexity index is 2830. The first-order valence-electron chi connectivity index (χ1n) is 23.3. The number of ether oxygens (including phenoxy) is 2. The summed E-state index contributed by atoms with van der Waals surface area (Å²) >= 11 is 8.72. The molecule has 2 amide bonds. The molecule has 1 aromatic heterocycles. The average Bonchev–Trinajstić information content (AvgIpc) is 3.84. The number of rotatable bonds is 17. The summed E-state index contributed by atoms with van der Waals surface area (Å²) < 4.78 is 12.1. The van der Waals surface area contributed by atoms with Crippen LogP contribution in [0.2, 0.25) is 0 Å². The first-order chi connectivity index (χ1) is 34.4. The zero-order valence-corrected chi connectivity index (χ0v) is 41.7. The summed E-state index contributed by atoms with van der Waals surface area (Å²) in [7, 11) is 0. The van der Waals surface area contributed by atoms with Crippen LogP contribution in [0.15, 0.2) is 186 Å². The number of amides is 2. The van der Waals surface area contributed by atoms with E-state index in [1.807, 2.05) is 115 Å². The number of anilines is 1. The standard InChI is InChI=1S/C56H52ClN5O7S2/c1-54(2,3)68-52(66)55(32-20-33-55)69-61-44(43-36-71-53(58-43)60-56(40-26-13-6-14-27-40,41-28-15-7-16-29-41)42-30-17-8-18-31-42)48(63)59-45-49(64)62-46(39(25-19-34-57)35-70-50(45)62)51(65)67-47(37-21-9-4-10-22-37)38-23-11-5-12-24-38/h4-19,21-31,36,45,47,50H,20,32-35H2,1-3H3,(H,58,60)(H,59,63)/b25-19?,61-44-/t45?,50-/m0/s1. The van der Waals surface area contributed by atoms with Crippen LogP contribution in [-0.4, -0.2) is 73.6 Å². The Morgan fingerprint density at radius 2 is 1.37 bits per heavy atom. The number of halogens is 1. The van der Waals surface area contributed by atoms with E-state index in [0.29, 0.717) is 35.7 Å². The molecule has 9 rings (SSSR count). The number of thioether (sulfide) groups is 1. The van der Waals surface area contributed by atoms with Crippen LogP contribution >= 0.6 is 34.7 Å². The number of carbonyl (C=O) groups excluding carboxylic acids is 4. The maximum Gasteiger partial charge on any atom is 0.356 e. The van der Waals surface area contributed by atoms with E-state index in [1.54, 1.807) is 38.3 Å². The number of aromatic nitrogens is 1. The number of benzene rings is 5. The van der Waals surface area contributed by atoms with Crippen molar-refractivity contribution < 1.29 is 33.5 Å². The van der Waals surface area contributed by atoms with Gasteiger partial charge in [0.1, 0.15) is 33.9 Å². The molecule has 1 saturated carbocycles. The molecule has 0 spiro atoms. The summed E-state index contributed by atoms with van der Waals surface area (Å²) in [5, 5.41) is 12.5. The molecule has 3 heterocycles. The van der Waals surface area contributed by atoms with E-state index in [1.165, 1.54) is 28.0 Å². The minimum absolute atomic E-state index is 0.0675. The highest BCUT2D eigenvalue weighted by Gasteiger charge is 2.55. The fourth-order valence-corrected chi connectivity index (χ4v) is 11.0. The Morgan fingerprint density at radius 1 is 0.831 bits per heavy atom. The minimum atomic E-state index is -1.42. The van der Waals surface area contributed by atoms with Gasteiger partial charge in [0.25, 0.3) is 11.8 Å². The number of hydrogen-bond donors (Lipinski definition) is 2. The SMILES string of the molecule is CC(C)(C)OC(=O)C1(O/N=C(\C(=O)NC2C(=O)N3C(C(=O)OC(c4ccccc4)c4ccccc4)=C(C=CCCl)CS[C@@H]23)c2csc(NC(c3ccccc3)(c3ccccc3)c3ccccc3)n2)CCC1. The number of alkyl halides is 1. The topological polar surface area (TPSA) is 149 Å². The lowest BCUT2D eigenvalue weighted by molar-refractivity contribution is -0.196. The third-order valence-corrected chi connectivity index (χ3v) is 14.7. The number of carbonyl (C=O) groups is 4. The van der Waals surface area contributed by atoms with E-state index in [0.717, 1.165) is 27.8 Å². The number of nitrogens with one attached hydrogen (secondary N) is 2. The van der Waals surface area contributed by atoms with Gasteiger partial charge in [-0.25, -0.2) is 14.6 Å². The van der Waals surface area contributed by atoms with Gasteiger partial charge in [0.15, 0.2) is 16.9 Å². The van der Waals surface area contributed by atoms with Gasteiger partial charge in [-0.15, -0.1) is 34.7 Å². The van der Waals surface area contributed by atoms with Gasteiger partial charge in [-0.05, 0) is 60.6 Å². The van der Waals surface area contributed by atoms with E-state index in [4.69, 9.17) is 30.9 Å². The molecular weight excluding hydrogens is 954 g/mol. The number of thiazole rings is 1. The molecule has 3 aliphatic rings. The van der Waals surface area contributed by atoms with Gasteiger partial charge in [-0.2, -0.15) is 0 Å². The molecule has 2 aliphatic heterocycles. The van der Waals surface area contributed by atoms with Crippen molar-refractivity contribution in [1.82, 2.24) is 15.2 Å². The van der Waals surface area contributed by atoms with Crippen LogP contribution in [0.3, 0.4) is 0 Å². The smallest absolute Gasteiger partial charge is 0.356 e. The molecule has 12 nitrogen and oxygen atoms in total. The zero-order chi connectivity index (χ0) is 49.6. The van der Waals surface area contributed by atoms with Crippen molar-refractivity contribution in [3.05, 3.63) is 214 Å². The fourth-order valence-electron chi connectivity index (χ4n) is 8.82. The van der Waals surface area contributed by atoms with E-state index in [2.05, 4.69) is 52.2 Å². The summed E-state index contributed by atoms with van der Waals surface area (Å²) in [4.78, 5) is 69.9. The number of esters is 2. The Kier molecular flexibility index (Phi) is 14.6. The second kappa shape index (κ2) is 21.2. The largest absolute Gasteiger partial charge is 0.457 e. The van der Waals surface area contributed by atoms with Gasteiger partial charge in [-0.3, -0.25) is 14.5 Å². The Labute approximate surface area is 426 Å². The lowest BCUT2D eigenvalue weighted by Crippen LogP contribution is -2.71. The van der Waals surface area contributed by atoms with Crippen molar-refractivity contribution >= 4 is 69.3 Å². The van der Waals surface area contributed by atoms with Crippen LogP contribution in [0.1, 0.15) is 79.6 Å². The molecular formula is C56H52ClN5O7S2. The average molecular weight is 1010 g/mol. The van der Waals surface area contributed by atoms with Gasteiger partial charge < -0.3 is 24.9 Å². The molecule has 15 heteroatoms. The van der Waals surface area contributed by atoms with Crippen LogP contribution in [-0.2, 0) is 39.0 Å². The predicted octanol–water partition coefficient (Wildman–Crippen LogP) is 10.3. The number of β-lactam (4-membered cyclic amide) rings is 1. The van der Waals surface area contributed by atoms with Gasteiger partial charge in [0, 0.05) is 29.9 Å². The maximum atomic E-state index is 14.8. The molecule has 71 heavy (non-hydrogen) atoms. The normalized spacial score (nSPS) is 17.7. The quantitative estimate of drug-likeness (QED) is 0.0226. The van der Waals surface area contributed by atoms with Gasteiger partial charge in [0.2, 0.25) is 5.60 Å². The number of fused-ring (bicyclic) bond motifs is 1. The number of oxime groups is 1. The highest BCUT2D eigenvalue weighted by Crippen LogP contribution is 2.44. The van der Waals surface area contributed by atoms with Crippen LogP contribution in [0.4, 0.5) is 5.13 Å². The highest BCUT2D eigenvalue weighted by atomic mass is 35.5. The monoisotopic (exact) mass is 1010 g/mol. The van der Waals surface area contributed by atoms with E-state index >= 15 is 0 Å². The van der Waals surface area contributed by atoms with Crippen molar-refractivity contribution in [3.8, 4) is 0 Å². The summed E-state index contributed by atoms with van der Waals surface area (Å²) in [6, 6.07) is 47.8. The minimum Gasteiger partial charge on any atom is -0.457 e. The molecule has 2 N–H and O–H groups in total. The fraction of sp³-hybridized carbons (Fsp3) is 0.250. The van der Waals surface area contributed by atoms with Crippen LogP contribution < -0.4 is 10.6 Å². The van der Waals surface area contributed by atoms with Crippen LogP contribution in [0.5, 0.6) is 0 Å². The van der Waals surface area contributed by atoms with Crippen LogP contribution in [0.25, 0.3) is 0 Å². The lowest BCUT2D eigenvalue weighted by Gasteiger charge is -2.49. The maximum absolute atomic E-state index is 14.8. The summed E-state index contributed by atoms with van der Waals surface area (Å²) in [6.07, 6.45) is 4.00. The number of hydrogen-bond acceptors (Lipinski definition) is 12. The van der Waals surface area contributed by atoms with Crippen molar-refractivity contribution in [1.29, 1.82) is 0 Å². The van der Waals surface area contributed by atoms with E-state index in [-0.39, 0.29) is 23.0 Å². The Balaban J connectivity index is 1.04. The Hall–Kier alpha value is -7.00. The molecule has 1 unspecified atom stereocenters. The van der Waals surface area contributed by atoms with Crippen molar-refractivity contribution in [3.63, 3.8) is 0 Å². The second-order valence-corrected chi connectivity index (χ2v) is 20.6. The highest BCUT2D eigenvalue weighted by molar-refractivity contribution is 8.00. The van der Waals surface area contributed by atoms with Crippen LogP contribution in [0, 0.1) is 0 Å². The second-order valence-electron chi connectivity index (χ2n) is 18.3. The van der Waals surface area contributed by atoms with E-state index < -0.39 is 58.0 Å². The molecule has 0 bridgehead atoms. The first kappa shape index (κ1) is 49.0. The number of allylic oxidation sites excluding steroid dienone is 2. The molecule has 362 valence electrons. The third-order valence-electron chi connectivity index (χ3n) is 12.4. The third kappa shape index (κ3) is 10.3. The first-order valence-corrected chi connectivity index (χ1v) is 25.8.